The summed E-state index contributed by atoms with van der Waals surface area (Å²) in [5.74, 6) is 0. The summed E-state index contributed by atoms with van der Waals surface area (Å²) < 4.78 is 0. The van der Waals surface area contributed by atoms with Crippen LogP contribution >= 0.6 is 0 Å². The van der Waals surface area contributed by atoms with Crippen molar-refractivity contribution in [3.05, 3.63) is 0 Å². The predicted molar refractivity (Wildman–Crippen MR) is 5.75 cm³/mol. The maximum Gasteiger partial charge on any atom is 0 e. The van der Waals surface area contributed by atoms with Crippen LogP contribution in [0.2, 0.25) is 0 Å². The van der Waals surface area contributed by atoms with E-state index in [1.807, 2.05) is 0 Å². The summed E-state index contributed by atoms with van der Waals surface area (Å²) in [6, 6.07) is 0. The van der Waals surface area contributed by atoms with Crippen molar-refractivity contribution in [2.75, 3.05) is 0 Å². The first-order valence-corrected chi connectivity index (χ1v) is 0. The molecule has 0 amide bonds. The van der Waals surface area contributed by atoms with Gasteiger partial charge in [-0.15, -0.1) is 0 Å². The topological polar surface area (TPSA) is 0 Å². The van der Waals surface area contributed by atoms with Crippen molar-refractivity contribution in [1.82, 2.24) is 0 Å². The fourth-order valence-corrected chi connectivity index (χ4v) is 0. The second-order valence-electron chi connectivity index (χ2n) is 0. The average Bonchev–Trinajstić information content (AvgIpc) is 0. The molecule has 0 aromatic heterocycles. The largest absolute Gasteiger partial charge is 0 e. The van der Waals surface area contributed by atoms with Crippen LogP contribution in [0.4, 0.5) is 0 Å². The van der Waals surface area contributed by atoms with Gasteiger partial charge < -0.3 is 0 Å². The molecule has 0 atom stereocenters. The Hall–Kier alpha value is 2.63. The average molecular weight is 344 g/mol. The molecule has 4 heavy (non-hydrogen) atoms. The zero-order valence-electron chi connectivity index (χ0n) is 1.92. The summed E-state index contributed by atoms with van der Waals surface area (Å²) in [7, 11) is 0. The Morgan fingerprint density at radius 1 is 1.00 bits per heavy atom. The zero-order chi connectivity index (χ0) is 0. The molecule has 0 aromatic rings. The van der Waals surface area contributed by atoms with Gasteiger partial charge in [0.1, 0.15) is 0 Å². The van der Waals surface area contributed by atoms with Crippen LogP contribution in [0.15, 0.2) is 0 Å². The van der Waals surface area contributed by atoms with Crippen LogP contribution in [0.3, 0.4) is 0 Å². The van der Waals surface area contributed by atoms with Gasteiger partial charge in [0.2, 0.25) is 0 Å². The summed E-state index contributed by atoms with van der Waals surface area (Å²) in [6.45, 7) is 0. The Bertz CT molecular complexity index is 8.00. The molecule has 0 saturated carbocycles. The minimum absolute atomic E-state index is 0. The second-order valence-corrected chi connectivity index (χ2v) is 0. The SMILES string of the molecule is [Cu].[Mo].[Sn].[Zn]. The van der Waals surface area contributed by atoms with Gasteiger partial charge >= 0.3 is 0 Å². The third-order valence-corrected chi connectivity index (χ3v) is 0. The molecule has 0 unspecified atom stereocenters. The molecule has 0 aliphatic heterocycles. The van der Waals surface area contributed by atoms with Crippen LogP contribution in [-0.4, -0.2) is 23.9 Å². The van der Waals surface area contributed by atoms with Gasteiger partial charge in [0.15, 0.2) is 0 Å². The Morgan fingerprint density at radius 3 is 1.00 bits per heavy atom. The normalized spacial score (nSPS) is 0. The van der Waals surface area contributed by atoms with Crippen LogP contribution in [0.25, 0.3) is 0 Å². The fourth-order valence-electron chi connectivity index (χ4n) is 0. The number of hydrogen-bond donors (Lipinski definition) is 0. The molecule has 0 aliphatic rings. The first kappa shape index (κ1) is 30.4. The third-order valence-electron chi connectivity index (χ3n) is 0. The predicted octanol–water partition coefficient (Wildman–Crippen LogP) is -0.388. The summed E-state index contributed by atoms with van der Waals surface area (Å²) in [5.41, 5.74) is 0. The maximum absolute atomic E-state index is 0. The number of rotatable bonds is 0. The molecule has 0 heterocycles. The summed E-state index contributed by atoms with van der Waals surface area (Å²) in [6.07, 6.45) is 0. The van der Waals surface area contributed by atoms with Gasteiger partial charge in [-0.05, 0) is 0 Å². The van der Waals surface area contributed by atoms with Crippen LogP contribution in [0, 0.1) is 0 Å². The minimum atomic E-state index is 0. The molecule has 0 saturated heterocycles. The van der Waals surface area contributed by atoms with Gasteiger partial charge in [-0.2, -0.15) is 0 Å². The van der Waals surface area contributed by atoms with Gasteiger partial charge in [0, 0.05) is 81.5 Å². The van der Waals surface area contributed by atoms with E-state index in [2.05, 4.69) is 0 Å². The molecule has 5 radical (unpaired) electrons. The minimum Gasteiger partial charge on any atom is 0 e. The summed E-state index contributed by atoms with van der Waals surface area (Å²) in [4.78, 5) is 0. The Labute approximate surface area is 80.3 Å². The molecule has 0 nitrogen and oxygen atoms in total. The van der Waals surface area contributed by atoms with Crippen molar-refractivity contribution in [3.63, 3.8) is 0 Å². The van der Waals surface area contributed by atoms with E-state index < -0.39 is 0 Å². The summed E-state index contributed by atoms with van der Waals surface area (Å²) in [5, 5.41) is 0. The monoisotopic (exact) mass is 345 g/mol. The van der Waals surface area contributed by atoms with Crippen molar-refractivity contribution in [3.8, 4) is 0 Å². The van der Waals surface area contributed by atoms with Crippen LogP contribution in [0.1, 0.15) is 0 Å². The van der Waals surface area contributed by atoms with Gasteiger partial charge in [0.05, 0.1) is 0 Å². The molecular weight excluding hydrogens is 344 g/mol. The van der Waals surface area contributed by atoms with Crippen molar-refractivity contribution in [2.24, 2.45) is 0 Å². The molecule has 4 heteroatoms. The van der Waals surface area contributed by atoms with Crippen molar-refractivity contribution >= 4 is 23.9 Å². The summed E-state index contributed by atoms with van der Waals surface area (Å²) >= 11 is 0. The number of hydrogen-bond acceptors (Lipinski definition) is 0. The van der Waals surface area contributed by atoms with Crippen LogP contribution < -0.4 is 0 Å². The molecule has 0 rings (SSSR count). The van der Waals surface area contributed by atoms with Gasteiger partial charge in [-0.3, -0.25) is 0 Å². The maximum atomic E-state index is 0. The molecular formula is CuMoSnZn. The Morgan fingerprint density at radius 2 is 1.00 bits per heavy atom. The quantitative estimate of drug-likeness (QED) is 0.526. The molecule has 0 fully saturated rings. The van der Waals surface area contributed by atoms with E-state index in [-0.39, 0.29) is 81.5 Å². The van der Waals surface area contributed by atoms with E-state index in [0.717, 1.165) is 0 Å². The van der Waals surface area contributed by atoms with E-state index in [9.17, 15) is 0 Å². The molecule has 0 aliphatic carbocycles. The van der Waals surface area contributed by atoms with E-state index in [4.69, 9.17) is 0 Å². The van der Waals surface area contributed by atoms with Crippen molar-refractivity contribution < 1.29 is 57.6 Å². The Kier molecular flexibility index (Phi) is 133. The molecule has 0 spiro atoms. The molecule has 0 bridgehead atoms. The van der Waals surface area contributed by atoms with Gasteiger partial charge in [0.25, 0.3) is 0 Å². The van der Waals surface area contributed by atoms with Gasteiger partial charge in [-0.1, -0.05) is 0 Å². The van der Waals surface area contributed by atoms with E-state index in [1.165, 1.54) is 0 Å². The first-order chi connectivity index (χ1) is 0. The van der Waals surface area contributed by atoms with Crippen molar-refractivity contribution in [2.45, 2.75) is 0 Å². The van der Waals surface area contributed by atoms with Crippen molar-refractivity contribution in [1.29, 1.82) is 0 Å². The second kappa shape index (κ2) is 17.4. The van der Waals surface area contributed by atoms with Gasteiger partial charge in [-0.25, -0.2) is 0 Å². The van der Waals surface area contributed by atoms with Crippen LogP contribution in [-0.2, 0) is 57.6 Å². The van der Waals surface area contributed by atoms with E-state index >= 15 is 0 Å². The fraction of sp³-hybridized carbons (Fsp3) is 0. The zero-order valence-corrected chi connectivity index (χ0v) is 10.7. The molecule has 23 valence electrons. The first-order valence-electron chi connectivity index (χ1n) is 0. The molecule has 0 aromatic carbocycles. The van der Waals surface area contributed by atoms with E-state index in [1.54, 1.807) is 0 Å². The standard InChI is InChI=1S/Cu.Mo.Sn.Zn. The van der Waals surface area contributed by atoms with E-state index in [0.29, 0.717) is 0 Å². The molecule has 0 N–H and O–H groups in total. The smallest absolute Gasteiger partial charge is 0 e. The van der Waals surface area contributed by atoms with Crippen LogP contribution in [0.5, 0.6) is 0 Å². The Balaban J connectivity index is 0. The third kappa shape index (κ3) is 8.82.